The molecule has 0 aromatic carbocycles. The fourth-order valence-corrected chi connectivity index (χ4v) is 3.09. The molecule has 0 unspecified atom stereocenters. The third-order valence-electron chi connectivity index (χ3n) is 3.83. The van der Waals surface area contributed by atoms with Crippen LogP contribution in [0.4, 0.5) is 0 Å². The monoisotopic (exact) mass is 331 g/mol. The molecular formula is C14H21NO8. The molecule has 0 aromatic rings. The summed E-state index contributed by atoms with van der Waals surface area (Å²) in [5, 5.41) is 11.0. The number of carbonyl (C=O) groups excluding carboxylic acids is 1. The summed E-state index contributed by atoms with van der Waals surface area (Å²) in [7, 11) is 0. The number of carboxylic acid groups (broad SMARTS) is 1. The highest BCUT2D eigenvalue weighted by Crippen LogP contribution is 2.44. The summed E-state index contributed by atoms with van der Waals surface area (Å²) in [6.45, 7) is 6.44. The Balaban J connectivity index is 1.81. The predicted molar refractivity (Wildman–Crippen MR) is 73.2 cm³/mol. The third-order valence-corrected chi connectivity index (χ3v) is 3.83. The number of hydrogen-bond donors (Lipinski definition) is 2. The maximum absolute atomic E-state index is 12.3. The average molecular weight is 331 g/mol. The molecule has 1 amide bonds. The highest BCUT2D eigenvalue weighted by atomic mass is 16.9. The van der Waals surface area contributed by atoms with Gasteiger partial charge in [0, 0.05) is 0 Å². The highest BCUT2D eigenvalue weighted by molar-refractivity contribution is 5.85. The molecule has 0 radical (unpaired) electrons. The van der Waals surface area contributed by atoms with E-state index in [4.69, 9.17) is 28.8 Å². The molecule has 9 heteroatoms. The van der Waals surface area contributed by atoms with Crippen LogP contribution in [0, 0.1) is 0 Å². The van der Waals surface area contributed by atoms with Crippen molar-refractivity contribution < 1.29 is 38.4 Å². The second kappa shape index (κ2) is 5.38. The number of aliphatic carboxylic acids is 1. The van der Waals surface area contributed by atoms with E-state index in [9.17, 15) is 9.59 Å². The van der Waals surface area contributed by atoms with Gasteiger partial charge in [0.25, 0.3) is 5.91 Å². The largest absolute Gasteiger partial charge is 0.480 e. The minimum atomic E-state index is -1.14. The molecule has 3 aliphatic heterocycles. The summed E-state index contributed by atoms with van der Waals surface area (Å²) >= 11 is 0. The maximum atomic E-state index is 12.3. The first-order chi connectivity index (χ1) is 10.6. The van der Waals surface area contributed by atoms with Gasteiger partial charge in [0.05, 0.1) is 0 Å². The first-order valence-electron chi connectivity index (χ1n) is 7.44. The predicted octanol–water partition coefficient (Wildman–Crippen LogP) is -0.416. The van der Waals surface area contributed by atoms with Crippen molar-refractivity contribution in [3.8, 4) is 0 Å². The van der Waals surface area contributed by atoms with Crippen LogP contribution in [-0.4, -0.2) is 65.8 Å². The van der Waals surface area contributed by atoms with E-state index in [0.29, 0.717) is 0 Å². The molecule has 23 heavy (non-hydrogen) atoms. The molecule has 0 aliphatic carbocycles. The van der Waals surface area contributed by atoms with E-state index in [1.807, 2.05) is 0 Å². The van der Waals surface area contributed by atoms with Crippen molar-refractivity contribution >= 4 is 11.9 Å². The summed E-state index contributed by atoms with van der Waals surface area (Å²) in [5.74, 6) is -3.51. The molecule has 0 saturated carbocycles. The topological polar surface area (TPSA) is 113 Å². The van der Waals surface area contributed by atoms with E-state index >= 15 is 0 Å². The Bertz CT molecular complexity index is 519. The lowest BCUT2D eigenvalue weighted by Gasteiger charge is -2.36. The fourth-order valence-electron chi connectivity index (χ4n) is 3.09. The molecule has 130 valence electrons. The molecule has 0 spiro atoms. The van der Waals surface area contributed by atoms with Crippen LogP contribution in [0.2, 0.25) is 0 Å². The number of carboxylic acids is 1. The lowest BCUT2D eigenvalue weighted by atomic mass is 9.98. The standard InChI is InChI=1S/C14H21NO8/c1-13(2)20-7-8(21-13)10-12(23-14(3,4)22-10)19-9(7)11(18)15-5-6(16)17/h7-10,12H,5H2,1-4H3,(H,15,18)(H,16,17)/t7-,8+,9+,10-,12-/m1/s1. The van der Waals surface area contributed by atoms with Gasteiger partial charge in [0.15, 0.2) is 24.0 Å². The van der Waals surface area contributed by atoms with Gasteiger partial charge in [-0.15, -0.1) is 0 Å². The average Bonchev–Trinajstić information content (AvgIpc) is 2.89. The molecule has 9 nitrogen and oxygen atoms in total. The maximum Gasteiger partial charge on any atom is 0.322 e. The number of nitrogens with one attached hydrogen (secondary N) is 1. The first-order valence-corrected chi connectivity index (χ1v) is 7.44. The summed E-state index contributed by atoms with van der Waals surface area (Å²) in [6.07, 6.45) is -3.62. The SMILES string of the molecule is CC1(C)O[C@H]2[C@@H](O1)[C@@H](C(=O)NCC(=O)O)O[C@@H]1OC(C)(C)O[C@@H]12. The Labute approximate surface area is 133 Å². The van der Waals surface area contributed by atoms with Gasteiger partial charge in [-0.25, -0.2) is 0 Å². The van der Waals surface area contributed by atoms with Crippen LogP contribution in [0.5, 0.6) is 0 Å². The zero-order valence-electron chi connectivity index (χ0n) is 13.4. The Morgan fingerprint density at radius 1 is 0.957 bits per heavy atom. The summed E-state index contributed by atoms with van der Waals surface area (Å²) in [4.78, 5) is 22.9. The smallest absolute Gasteiger partial charge is 0.322 e. The molecular weight excluding hydrogens is 310 g/mol. The minimum Gasteiger partial charge on any atom is -0.480 e. The number of rotatable bonds is 3. The molecule has 3 aliphatic rings. The van der Waals surface area contributed by atoms with E-state index < -0.39 is 60.7 Å². The van der Waals surface area contributed by atoms with Crippen molar-refractivity contribution in [1.82, 2.24) is 5.32 Å². The van der Waals surface area contributed by atoms with Crippen LogP contribution in [0.3, 0.4) is 0 Å². The molecule has 5 atom stereocenters. The van der Waals surface area contributed by atoms with Gasteiger partial charge < -0.3 is 34.1 Å². The Morgan fingerprint density at radius 2 is 1.52 bits per heavy atom. The van der Waals surface area contributed by atoms with Crippen LogP contribution >= 0.6 is 0 Å². The normalized spacial score (nSPS) is 40.3. The van der Waals surface area contributed by atoms with Crippen LogP contribution in [0.15, 0.2) is 0 Å². The van der Waals surface area contributed by atoms with E-state index in [2.05, 4.69) is 5.32 Å². The lowest BCUT2D eigenvalue weighted by Crippen LogP contribution is -2.59. The minimum absolute atomic E-state index is 0.503. The number of ether oxygens (including phenoxy) is 5. The van der Waals surface area contributed by atoms with E-state index in [1.54, 1.807) is 27.7 Å². The zero-order valence-corrected chi connectivity index (χ0v) is 13.4. The van der Waals surface area contributed by atoms with Crippen molar-refractivity contribution in [3.63, 3.8) is 0 Å². The van der Waals surface area contributed by atoms with E-state index in [1.165, 1.54) is 0 Å². The molecule has 0 bridgehead atoms. The van der Waals surface area contributed by atoms with Crippen LogP contribution in [0.25, 0.3) is 0 Å². The van der Waals surface area contributed by atoms with Gasteiger partial charge >= 0.3 is 5.97 Å². The molecule has 3 rings (SSSR count). The molecule has 2 N–H and O–H groups in total. The van der Waals surface area contributed by atoms with Crippen molar-refractivity contribution in [2.45, 2.75) is 70.0 Å². The van der Waals surface area contributed by atoms with Crippen molar-refractivity contribution in [2.24, 2.45) is 0 Å². The molecule has 3 saturated heterocycles. The van der Waals surface area contributed by atoms with Crippen LogP contribution in [0.1, 0.15) is 27.7 Å². The summed E-state index contributed by atoms with van der Waals surface area (Å²) in [5.41, 5.74) is 0. The van der Waals surface area contributed by atoms with Gasteiger partial charge in [0.2, 0.25) is 0 Å². The number of carbonyl (C=O) groups is 2. The van der Waals surface area contributed by atoms with Gasteiger partial charge in [-0.3, -0.25) is 9.59 Å². The molecule has 3 heterocycles. The van der Waals surface area contributed by atoms with Crippen molar-refractivity contribution in [3.05, 3.63) is 0 Å². The third kappa shape index (κ3) is 3.20. The number of amides is 1. The second-order valence-electron chi connectivity index (χ2n) is 6.70. The van der Waals surface area contributed by atoms with Gasteiger partial charge in [-0.2, -0.15) is 0 Å². The Morgan fingerprint density at radius 3 is 2.17 bits per heavy atom. The van der Waals surface area contributed by atoms with Gasteiger partial charge in [0.1, 0.15) is 24.9 Å². The first kappa shape index (κ1) is 16.6. The summed E-state index contributed by atoms with van der Waals surface area (Å²) in [6, 6.07) is 0. The quantitative estimate of drug-likeness (QED) is 0.717. The van der Waals surface area contributed by atoms with Crippen LogP contribution in [-0.2, 0) is 33.3 Å². The van der Waals surface area contributed by atoms with E-state index in [0.717, 1.165) is 0 Å². The van der Waals surface area contributed by atoms with Gasteiger partial charge in [-0.1, -0.05) is 0 Å². The zero-order chi connectivity index (χ0) is 17.0. The molecule has 3 fully saturated rings. The number of fused-ring (bicyclic) bond motifs is 3. The van der Waals surface area contributed by atoms with Gasteiger partial charge in [-0.05, 0) is 27.7 Å². The molecule has 0 aromatic heterocycles. The van der Waals surface area contributed by atoms with E-state index in [-0.39, 0.29) is 0 Å². The highest BCUT2D eigenvalue weighted by Gasteiger charge is 2.62. The van der Waals surface area contributed by atoms with Crippen LogP contribution < -0.4 is 5.32 Å². The Kier molecular flexibility index (Phi) is 3.88. The lowest BCUT2D eigenvalue weighted by molar-refractivity contribution is -0.231. The van der Waals surface area contributed by atoms with Crippen molar-refractivity contribution in [1.29, 1.82) is 0 Å². The fraction of sp³-hybridized carbons (Fsp3) is 0.857. The van der Waals surface area contributed by atoms with Crippen molar-refractivity contribution in [2.75, 3.05) is 6.54 Å². The summed E-state index contributed by atoms with van der Waals surface area (Å²) < 4.78 is 28.8. The number of hydrogen-bond acceptors (Lipinski definition) is 7. The second-order valence-corrected chi connectivity index (χ2v) is 6.70. The Hall–Kier alpha value is -1.26.